The second-order valence-corrected chi connectivity index (χ2v) is 2.99. The van der Waals surface area contributed by atoms with Gasteiger partial charge in [-0.3, -0.25) is 0 Å². The number of hydrogen-bond donors (Lipinski definition) is 0. The van der Waals surface area contributed by atoms with Gasteiger partial charge in [-0.2, -0.15) is 26.3 Å². The summed E-state index contributed by atoms with van der Waals surface area (Å²) in [6.45, 7) is 0. The van der Waals surface area contributed by atoms with Gasteiger partial charge in [-0.25, -0.2) is 8.78 Å². The van der Waals surface area contributed by atoms with Gasteiger partial charge < -0.3 is 0 Å². The summed E-state index contributed by atoms with van der Waals surface area (Å²) < 4.78 is 93.4. The van der Waals surface area contributed by atoms with Gasteiger partial charge in [0.05, 0.1) is 0 Å². The van der Waals surface area contributed by atoms with Gasteiger partial charge >= 0.3 is 23.1 Å². The first-order chi connectivity index (χ1) is 5.44. The fourth-order valence-corrected chi connectivity index (χ4v) is 0.590. The van der Waals surface area contributed by atoms with E-state index in [0.29, 0.717) is 0 Å². The van der Waals surface area contributed by atoms with Crippen molar-refractivity contribution in [1.82, 2.24) is 0 Å². The van der Waals surface area contributed by atoms with Gasteiger partial charge in [-0.15, -0.1) is 0 Å². The fourth-order valence-electron chi connectivity index (χ4n) is 0.326. The van der Waals surface area contributed by atoms with Crippen molar-refractivity contribution < 1.29 is 35.1 Å². The topological polar surface area (TPSA) is 0 Å². The molecule has 0 spiro atoms. The first kappa shape index (κ1) is 12.9. The van der Waals surface area contributed by atoms with E-state index >= 15 is 0 Å². The molecular formula is C4HBrF8. The minimum atomic E-state index is -6.14. The van der Waals surface area contributed by atoms with Gasteiger partial charge in [0.2, 0.25) is 0 Å². The van der Waals surface area contributed by atoms with Gasteiger partial charge in [0.1, 0.15) is 0 Å². The average molecular weight is 281 g/mol. The summed E-state index contributed by atoms with van der Waals surface area (Å²) in [4.78, 5) is -5.39. The van der Waals surface area contributed by atoms with Crippen molar-refractivity contribution in [1.29, 1.82) is 0 Å². The van der Waals surface area contributed by atoms with Crippen LogP contribution in [-0.2, 0) is 0 Å². The quantitative estimate of drug-likeness (QED) is 0.548. The van der Waals surface area contributed by atoms with Crippen molar-refractivity contribution in [2.45, 2.75) is 23.1 Å². The number of rotatable bonds is 3. The molecule has 0 aromatic heterocycles. The lowest BCUT2D eigenvalue weighted by Gasteiger charge is -2.28. The molecule has 0 aliphatic carbocycles. The molecule has 0 unspecified atom stereocenters. The van der Waals surface area contributed by atoms with Crippen molar-refractivity contribution in [2.75, 3.05) is 0 Å². The van der Waals surface area contributed by atoms with E-state index in [2.05, 4.69) is 0 Å². The Kier molecular flexibility index (Phi) is 3.23. The molecule has 0 aliphatic heterocycles. The SMILES string of the molecule is FC(F)C(F)(F)C(F)(F)C(F)(F)Br. The summed E-state index contributed by atoms with van der Waals surface area (Å²) in [7, 11) is 0. The van der Waals surface area contributed by atoms with Crippen LogP contribution in [0, 0.1) is 0 Å². The van der Waals surface area contributed by atoms with Gasteiger partial charge in [-0.05, 0) is 15.9 Å². The number of alkyl halides is 9. The lowest BCUT2D eigenvalue weighted by atomic mass is 10.2. The molecule has 0 bridgehead atoms. The van der Waals surface area contributed by atoms with Crippen LogP contribution in [-0.4, -0.2) is 23.1 Å². The second-order valence-electron chi connectivity index (χ2n) is 2.00. The molecule has 9 heteroatoms. The molecule has 0 aromatic carbocycles. The van der Waals surface area contributed by atoms with Crippen LogP contribution in [0.15, 0.2) is 0 Å². The summed E-state index contributed by atoms with van der Waals surface area (Å²) in [6, 6.07) is 0. The van der Waals surface area contributed by atoms with Crippen molar-refractivity contribution >= 4 is 15.9 Å². The smallest absolute Gasteiger partial charge is 0.203 e. The van der Waals surface area contributed by atoms with E-state index in [-0.39, 0.29) is 0 Å². The van der Waals surface area contributed by atoms with Crippen LogP contribution in [0.5, 0.6) is 0 Å². The fraction of sp³-hybridized carbons (Fsp3) is 1.00. The first-order valence-electron chi connectivity index (χ1n) is 2.55. The predicted molar refractivity (Wildman–Crippen MR) is 29.8 cm³/mol. The Balaban J connectivity index is 5.04. The highest BCUT2D eigenvalue weighted by atomic mass is 79.9. The van der Waals surface area contributed by atoms with Crippen LogP contribution in [0.3, 0.4) is 0 Å². The number of halogens is 9. The van der Waals surface area contributed by atoms with E-state index in [4.69, 9.17) is 0 Å². The zero-order valence-corrected chi connectivity index (χ0v) is 7.07. The average Bonchev–Trinajstić information content (AvgIpc) is 1.84. The van der Waals surface area contributed by atoms with Crippen LogP contribution in [0.25, 0.3) is 0 Å². The van der Waals surface area contributed by atoms with E-state index in [1.165, 1.54) is 0 Å². The highest BCUT2D eigenvalue weighted by molar-refractivity contribution is 9.10. The summed E-state index contributed by atoms with van der Waals surface area (Å²) in [5.74, 6) is -12.2. The van der Waals surface area contributed by atoms with Crippen LogP contribution in [0.4, 0.5) is 35.1 Å². The summed E-state index contributed by atoms with van der Waals surface area (Å²) in [5, 5.41) is 0. The molecule has 0 amide bonds. The van der Waals surface area contributed by atoms with Gasteiger partial charge in [0, 0.05) is 0 Å². The molecule has 0 aromatic rings. The normalized spacial score (nSPS) is 15.2. The lowest BCUT2D eigenvalue weighted by Crippen LogP contribution is -2.54. The monoisotopic (exact) mass is 280 g/mol. The standard InChI is InChI=1S/C4HBrF8/c5-4(12,13)3(10,11)2(8,9)1(6)7/h1H. The Morgan fingerprint density at radius 3 is 1.23 bits per heavy atom. The van der Waals surface area contributed by atoms with Crippen LogP contribution >= 0.6 is 15.9 Å². The highest BCUT2D eigenvalue weighted by Crippen LogP contribution is 2.51. The third-order valence-electron chi connectivity index (χ3n) is 1.05. The lowest BCUT2D eigenvalue weighted by molar-refractivity contribution is -0.310. The molecule has 0 heterocycles. The largest absolute Gasteiger partial charge is 0.388 e. The van der Waals surface area contributed by atoms with Crippen LogP contribution in [0.1, 0.15) is 0 Å². The Hall–Kier alpha value is -0.0800. The van der Waals surface area contributed by atoms with E-state index in [0.717, 1.165) is 15.9 Å². The molecular weight excluding hydrogens is 280 g/mol. The Labute approximate surface area is 75.0 Å². The molecule has 0 rings (SSSR count). The van der Waals surface area contributed by atoms with Crippen molar-refractivity contribution in [3.8, 4) is 0 Å². The third-order valence-corrected chi connectivity index (χ3v) is 1.55. The maximum Gasteiger partial charge on any atom is 0.388 e. The molecule has 0 radical (unpaired) electrons. The van der Waals surface area contributed by atoms with Gasteiger partial charge in [0.15, 0.2) is 0 Å². The molecule has 0 saturated heterocycles. The molecule has 0 aliphatic rings. The third kappa shape index (κ3) is 2.05. The number of hydrogen-bond acceptors (Lipinski definition) is 0. The molecule has 80 valence electrons. The van der Waals surface area contributed by atoms with Crippen molar-refractivity contribution in [2.24, 2.45) is 0 Å². The zero-order chi connectivity index (χ0) is 11.1. The Morgan fingerprint density at radius 1 is 0.846 bits per heavy atom. The van der Waals surface area contributed by atoms with Gasteiger partial charge in [-0.1, -0.05) is 0 Å². The molecule has 0 atom stereocenters. The van der Waals surface area contributed by atoms with Crippen molar-refractivity contribution in [3.63, 3.8) is 0 Å². The summed E-state index contributed by atoms with van der Waals surface area (Å²) in [6.07, 6.45) is -4.87. The maximum absolute atomic E-state index is 11.9. The van der Waals surface area contributed by atoms with E-state index in [1.807, 2.05) is 0 Å². The van der Waals surface area contributed by atoms with Crippen molar-refractivity contribution in [3.05, 3.63) is 0 Å². The zero-order valence-electron chi connectivity index (χ0n) is 5.48. The maximum atomic E-state index is 11.9. The van der Waals surface area contributed by atoms with Crippen LogP contribution in [0.2, 0.25) is 0 Å². The summed E-state index contributed by atoms with van der Waals surface area (Å²) in [5.41, 5.74) is 0. The minimum absolute atomic E-state index is 0.907. The highest BCUT2D eigenvalue weighted by Gasteiger charge is 2.74. The molecule has 0 nitrogen and oxygen atoms in total. The molecule has 13 heavy (non-hydrogen) atoms. The van der Waals surface area contributed by atoms with E-state index < -0.39 is 23.1 Å². The van der Waals surface area contributed by atoms with Gasteiger partial charge in [0.25, 0.3) is 0 Å². The Morgan fingerprint density at radius 2 is 1.15 bits per heavy atom. The molecule has 0 fully saturated rings. The van der Waals surface area contributed by atoms with Crippen LogP contribution < -0.4 is 0 Å². The molecule has 0 N–H and O–H groups in total. The minimum Gasteiger partial charge on any atom is -0.203 e. The molecule has 0 saturated carbocycles. The van der Waals surface area contributed by atoms with E-state index in [1.54, 1.807) is 0 Å². The predicted octanol–water partition coefficient (Wildman–Crippen LogP) is 3.51. The summed E-state index contributed by atoms with van der Waals surface area (Å²) >= 11 is 0.907. The Bertz CT molecular complexity index is 181. The van der Waals surface area contributed by atoms with E-state index in [9.17, 15) is 35.1 Å². The second kappa shape index (κ2) is 3.25. The first-order valence-corrected chi connectivity index (χ1v) is 3.34.